The van der Waals surface area contributed by atoms with Gasteiger partial charge in [-0.2, -0.15) is 13.2 Å². The fraction of sp³-hybridized carbons (Fsp3) is 0.357. The maximum atomic E-state index is 13.4. The van der Waals surface area contributed by atoms with E-state index in [1.54, 1.807) is 0 Å². The van der Waals surface area contributed by atoms with Gasteiger partial charge in [0.25, 0.3) is 0 Å². The highest BCUT2D eigenvalue weighted by atomic mass is 19.4. The number of ether oxygens (including phenoxy) is 2. The zero-order chi connectivity index (χ0) is 17.4. The molecule has 23 heavy (non-hydrogen) atoms. The average Bonchev–Trinajstić information content (AvgIpc) is 2.88. The normalized spacial score (nSPS) is 19.0. The molecule has 1 aliphatic heterocycles. The Labute approximate surface area is 128 Å². The van der Waals surface area contributed by atoms with Crippen molar-refractivity contribution in [2.75, 3.05) is 14.2 Å². The summed E-state index contributed by atoms with van der Waals surface area (Å²) in [5, 5.41) is 0. The van der Waals surface area contributed by atoms with Crippen molar-refractivity contribution in [3.05, 3.63) is 29.0 Å². The molecule has 0 atom stereocenters. The van der Waals surface area contributed by atoms with E-state index in [0.29, 0.717) is 0 Å². The van der Waals surface area contributed by atoms with E-state index in [0.717, 1.165) is 20.3 Å². The SMILES string of the molecule is COC(=O)C1(C(=O)OC)C2=CC(=C=O)CC=C2N=C1C(F)(F)F. The Hall–Kier alpha value is -2.67. The zero-order valence-electron chi connectivity index (χ0n) is 12.0. The Balaban J connectivity index is 2.86. The summed E-state index contributed by atoms with van der Waals surface area (Å²) in [6.45, 7) is 0. The molecule has 0 spiro atoms. The average molecular weight is 329 g/mol. The molecule has 0 aromatic heterocycles. The highest BCUT2D eigenvalue weighted by molar-refractivity contribution is 6.29. The van der Waals surface area contributed by atoms with Crippen molar-refractivity contribution in [3.8, 4) is 0 Å². The van der Waals surface area contributed by atoms with Crippen molar-refractivity contribution >= 4 is 23.6 Å². The quantitative estimate of drug-likeness (QED) is 0.433. The monoisotopic (exact) mass is 329 g/mol. The Morgan fingerprint density at radius 1 is 1.26 bits per heavy atom. The predicted molar refractivity (Wildman–Crippen MR) is 69.9 cm³/mol. The molecule has 0 saturated heterocycles. The van der Waals surface area contributed by atoms with Crippen LogP contribution in [0, 0.1) is 5.41 Å². The molecule has 2 aliphatic rings. The summed E-state index contributed by atoms with van der Waals surface area (Å²) in [4.78, 5) is 38.5. The summed E-state index contributed by atoms with van der Waals surface area (Å²) in [5.74, 6) is -1.46. The Bertz CT molecular complexity index is 707. The third kappa shape index (κ3) is 2.29. The van der Waals surface area contributed by atoms with Gasteiger partial charge in [0, 0.05) is 17.6 Å². The van der Waals surface area contributed by atoms with Gasteiger partial charge in [0.05, 0.1) is 19.9 Å². The number of hydrogen-bond donors (Lipinski definition) is 0. The molecule has 0 saturated carbocycles. The van der Waals surface area contributed by atoms with Crippen LogP contribution in [0.2, 0.25) is 0 Å². The van der Waals surface area contributed by atoms with Crippen molar-refractivity contribution in [1.82, 2.24) is 0 Å². The Morgan fingerprint density at radius 2 is 1.83 bits per heavy atom. The van der Waals surface area contributed by atoms with E-state index in [2.05, 4.69) is 14.5 Å². The molecule has 0 radical (unpaired) electrons. The van der Waals surface area contributed by atoms with Gasteiger partial charge < -0.3 is 9.47 Å². The van der Waals surface area contributed by atoms with Crippen LogP contribution in [0.1, 0.15) is 6.42 Å². The smallest absolute Gasteiger partial charge is 0.431 e. The number of esters is 2. The number of rotatable bonds is 2. The zero-order valence-corrected chi connectivity index (χ0v) is 12.0. The van der Waals surface area contributed by atoms with E-state index in [-0.39, 0.29) is 17.7 Å². The number of carbonyl (C=O) groups excluding carboxylic acids is 3. The number of fused-ring (bicyclic) bond motifs is 1. The van der Waals surface area contributed by atoms with Gasteiger partial charge in [0.1, 0.15) is 5.94 Å². The topological polar surface area (TPSA) is 82.0 Å². The number of nitrogens with zero attached hydrogens (tertiary/aromatic N) is 1. The third-order valence-corrected chi connectivity index (χ3v) is 3.48. The molecule has 9 heteroatoms. The number of methoxy groups -OCH3 is 2. The van der Waals surface area contributed by atoms with Crippen LogP contribution < -0.4 is 0 Å². The lowest BCUT2D eigenvalue weighted by Gasteiger charge is -2.28. The summed E-state index contributed by atoms with van der Waals surface area (Å²) < 4.78 is 49.0. The fourth-order valence-corrected chi connectivity index (χ4v) is 2.51. The lowest BCUT2D eigenvalue weighted by Crippen LogP contribution is -2.52. The van der Waals surface area contributed by atoms with Crippen LogP contribution >= 0.6 is 0 Å². The first-order chi connectivity index (χ1) is 10.7. The second kappa shape index (κ2) is 5.51. The molecule has 6 nitrogen and oxygen atoms in total. The number of carbonyl (C=O) groups is 2. The molecular weight excluding hydrogens is 319 g/mol. The van der Waals surface area contributed by atoms with Crippen molar-refractivity contribution in [2.24, 2.45) is 10.4 Å². The van der Waals surface area contributed by atoms with E-state index in [4.69, 9.17) is 0 Å². The number of hydrogen-bond acceptors (Lipinski definition) is 6. The van der Waals surface area contributed by atoms with Crippen molar-refractivity contribution in [2.45, 2.75) is 12.6 Å². The highest BCUT2D eigenvalue weighted by Gasteiger charge is 2.67. The molecule has 0 aromatic carbocycles. The van der Waals surface area contributed by atoms with Gasteiger partial charge in [-0.15, -0.1) is 0 Å². The molecule has 0 N–H and O–H groups in total. The van der Waals surface area contributed by atoms with Gasteiger partial charge in [-0.3, -0.25) is 9.59 Å². The van der Waals surface area contributed by atoms with Crippen LogP contribution in [0.3, 0.4) is 0 Å². The van der Waals surface area contributed by atoms with E-state index >= 15 is 0 Å². The minimum absolute atomic E-state index is 0.0185. The minimum Gasteiger partial charge on any atom is -0.468 e. The molecule has 122 valence electrons. The molecule has 0 bridgehead atoms. The molecule has 0 amide bonds. The number of allylic oxidation sites excluding steroid dienone is 4. The molecule has 0 aromatic rings. The summed E-state index contributed by atoms with van der Waals surface area (Å²) in [6, 6.07) is 0. The first-order valence-corrected chi connectivity index (χ1v) is 6.23. The Morgan fingerprint density at radius 3 is 2.26 bits per heavy atom. The molecule has 1 heterocycles. The molecule has 2 rings (SSSR count). The van der Waals surface area contributed by atoms with E-state index < -0.39 is 34.8 Å². The molecule has 1 aliphatic carbocycles. The van der Waals surface area contributed by atoms with E-state index in [1.807, 2.05) is 0 Å². The summed E-state index contributed by atoms with van der Waals surface area (Å²) >= 11 is 0. The predicted octanol–water partition coefficient (Wildman–Crippen LogP) is 1.31. The summed E-state index contributed by atoms with van der Waals surface area (Å²) in [5.41, 5.74) is -5.25. The highest BCUT2D eigenvalue weighted by Crippen LogP contribution is 2.49. The number of aliphatic imine (C=N–C) groups is 1. The minimum atomic E-state index is -5.09. The van der Waals surface area contributed by atoms with Gasteiger partial charge in [-0.25, -0.2) is 9.79 Å². The molecule has 0 unspecified atom stereocenters. The lowest BCUT2D eigenvalue weighted by molar-refractivity contribution is -0.163. The van der Waals surface area contributed by atoms with Gasteiger partial charge in [0.2, 0.25) is 5.41 Å². The molecule has 0 fully saturated rings. The van der Waals surface area contributed by atoms with Crippen LogP contribution in [0.15, 0.2) is 34.0 Å². The van der Waals surface area contributed by atoms with Crippen molar-refractivity contribution < 1.29 is 37.0 Å². The van der Waals surface area contributed by atoms with Gasteiger partial charge >= 0.3 is 18.1 Å². The second-order valence-corrected chi connectivity index (χ2v) is 4.67. The van der Waals surface area contributed by atoms with Crippen LogP contribution in [-0.2, 0) is 23.9 Å². The number of alkyl halides is 3. The van der Waals surface area contributed by atoms with Gasteiger partial charge in [0.15, 0.2) is 5.71 Å². The maximum absolute atomic E-state index is 13.4. The standard InChI is InChI=1S/C14H10F3NO5/c1-22-11(20)13(12(21)23-2)8-5-7(6-19)3-4-9(8)18-10(13)14(15,16)17/h4-5H,3H2,1-2H3. The third-order valence-electron chi connectivity index (χ3n) is 3.48. The largest absolute Gasteiger partial charge is 0.468 e. The number of halogens is 3. The van der Waals surface area contributed by atoms with Crippen molar-refractivity contribution in [1.29, 1.82) is 0 Å². The maximum Gasteiger partial charge on any atom is 0.431 e. The Kier molecular flexibility index (Phi) is 4.00. The fourth-order valence-electron chi connectivity index (χ4n) is 2.51. The van der Waals surface area contributed by atoms with Crippen LogP contribution in [0.5, 0.6) is 0 Å². The van der Waals surface area contributed by atoms with Crippen LogP contribution in [0.25, 0.3) is 0 Å². The van der Waals surface area contributed by atoms with E-state index in [1.165, 1.54) is 12.0 Å². The van der Waals surface area contributed by atoms with Gasteiger partial charge in [-0.05, 0) is 6.08 Å². The van der Waals surface area contributed by atoms with E-state index in [9.17, 15) is 27.6 Å². The van der Waals surface area contributed by atoms with Gasteiger partial charge in [-0.1, -0.05) is 6.08 Å². The van der Waals surface area contributed by atoms with Crippen molar-refractivity contribution in [3.63, 3.8) is 0 Å². The summed E-state index contributed by atoms with van der Waals surface area (Å²) in [6.07, 6.45) is -2.92. The first-order valence-electron chi connectivity index (χ1n) is 6.23. The lowest BCUT2D eigenvalue weighted by atomic mass is 9.74. The molecular formula is C14H10F3NO5. The van der Waals surface area contributed by atoms with Crippen LogP contribution in [0.4, 0.5) is 13.2 Å². The summed E-state index contributed by atoms with van der Waals surface area (Å²) in [7, 11) is 1.67. The first kappa shape index (κ1) is 16.7. The van der Waals surface area contributed by atoms with Crippen LogP contribution in [-0.4, -0.2) is 44.0 Å². The second-order valence-electron chi connectivity index (χ2n) is 4.67.